The highest BCUT2D eigenvalue weighted by atomic mass is 16.5. The quantitative estimate of drug-likeness (QED) is 0.421. The average Bonchev–Trinajstić information content (AvgIpc) is 3.11. The van der Waals surface area contributed by atoms with Gasteiger partial charge >= 0.3 is 0 Å². The van der Waals surface area contributed by atoms with Crippen molar-refractivity contribution in [2.24, 2.45) is 4.99 Å². The van der Waals surface area contributed by atoms with Gasteiger partial charge in [-0.15, -0.1) is 0 Å². The van der Waals surface area contributed by atoms with Gasteiger partial charge in [-0.05, 0) is 51.5 Å². The van der Waals surface area contributed by atoms with E-state index >= 15 is 0 Å². The number of aromatic nitrogens is 2. The number of anilines is 1. The summed E-state index contributed by atoms with van der Waals surface area (Å²) < 4.78 is 7.37. The molecule has 0 aliphatic heterocycles. The van der Waals surface area contributed by atoms with Crippen LogP contribution in [0.1, 0.15) is 46.1 Å². The Kier molecular flexibility index (Phi) is 7.65. The number of amides is 1. The number of aryl methyl sites for hydroxylation is 4. The van der Waals surface area contributed by atoms with Crippen molar-refractivity contribution in [3.63, 3.8) is 0 Å². The van der Waals surface area contributed by atoms with Crippen molar-refractivity contribution >= 4 is 17.6 Å². The van der Waals surface area contributed by atoms with Gasteiger partial charge in [-0.2, -0.15) is 5.10 Å². The Morgan fingerprint density at radius 1 is 1.12 bits per heavy atom. The molecule has 2 aromatic carbocycles. The van der Waals surface area contributed by atoms with Crippen LogP contribution in [0.25, 0.3) is 0 Å². The van der Waals surface area contributed by atoms with E-state index in [2.05, 4.69) is 27.6 Å². The van der Waals surface area contributed by atoms with Gasteiger partial charge in [0.25, 0.3) is 5.91 Å². The Hall–Kier alpha value is -3.61. The summed E-state index contributed by atoms with van der Waals surface area (Å²) in [6, 6.07) is 13.3. The number of para-hydroxylation sites is 2. The van der Waals surface area contributed by atoms with Crippen LogP contribution in [-0.4, -0.2) is 28.8 Å². The molecule has 0 unspecified atom stereocenters. The lowest BCUT2D eigenvalue weighted by Gasteiger charge is -2.14. The molecule has 0 bridgehead atoms. The molecule has 0 fully saturated rings. The predicted octanol–water partition coefficient (Wildman–Crippen LogP) is 4.63. The van der Waals surface area contributed by atoms with Crippen molar-refractivity contribution in [2.45, 2.75) is 47.2 Å². The molecule has 1 amide bonds. The lowest BCUT2D eigenvalue weighted by Crippen LogP contribution is -2.36. The van der Waals surface area contributed by atoms with Gasteiger partial charge in [0.1, 0.15) is 5.75 Å². The van der Waals surface area contributed by atoms with Crippen LogP contribution in [0.3, 0.4) is 0 Å². The van der Waals surface area contributed by atoms with Gasteiger partial charge < -0.3 is 10.1 Å². The van der Waals surface area contributed by atoms with E-state index < -0.39 is 0 Å². The molecule has 0 saturated heterocycles. The van der Waals surface area contributed by atoms with Crippen LogP contribution in [0.15, 0.2) is 53.7 Å². The van der Waals surface area contributed by atoms with Gasteiger partial charge in [0.2, 0.25) is 5.96 Å². The number of nitrogens with zero attached hydrogens (tertiary/aromatic N) is 3. The number of benzene rings is 2. The number of carbonyl (C=O) groups is 1. The van der Waals surface area contributed by atoms with Crippen molar-refractivity contribution in [1.29, 1.82) is 0 Å². The van der Waals surface area contributed by atoms with Crippen molar-refractivity contribution in [1.82, 2.24) is 15.1 Å². The standard InChI is InChI=1S/C25H31N5O2/c1-6-11-30-16-21(19(4)29-30)15-26-25(27-22-9-7-8-10-23(22)32-5)28-24(31)20-13-17(2)12-18(3)14-20/h7-10,12-14,16H,6,11,15H2,1-5H3,(H2,26,27,28,31). The molecule has 0 saturated carbocycles. The summed E-state index contributed by atoms with van der Waals surface area (Å²) in [6.07, 6.45) is 3.02. The first-order valence-corrected chi connectivity index (χ1v) is 10.8. The average molecular weight is 434 g/mol. The fourth-order valence-electron chi connectivity index (χ4n) is 3.49. The van der Waals surface area contributed by atoms with E-state index in [1.165, 1.54) is 0 Å². The molecule has 32 heavy (non-hydrogen) atoms. The van der Waals surface area contributed by atoms with Gasteiger partial charge in [-0.3, -0.25) is 14.8 Å². The third kappa shape index (κ3) is 5.97. The molecule has 2 N–H and O–H groups in total. The van der Waals surface area contributed by atoms with Crippen LogP contribution in [0.4, 0.5) is 5.69 Å². The maximum Gasteiger partial charge on any atom is 0.257 e. The van der Waals surface area contributed by atoms with Gasteiger partial charge in [-0.25, -0.2) is 4.99 Å². The number of aliphatic imine (C=N–C) groups is 1. The summed E-state index contributed by atoms with van der Waals surface area (Å²) in [7, 11) is 1.61. The Morgan fingerprint density at radius 3 is 2.53 bits per heavy atom. The normalized spacial score (nSPS) is 11.3. The second kappa shape index (κ2) is 10.6. The second-order valence-electron chi connectivity index (χ2n) is 7.82. The van der Waals surface area contributed by atoms with E-state index in [0.717, 1.165) is 35.3 Å². The zero-order valence-corrected chi connectivity index (χ0v) is 19.4. The molecule has 168 valence electrons. The van der Waals surface area contributed by atoms with Crippen molar-refractivity contribution in [3.8, 4) is 5.75 Å². The van der Waals surface area contributed by atoms with E-state index in [4.69, 9.17) is 4.74 Å². The molecule has 0 radical (unpaired) electrons. The minimum atomic E-state index is -0.226. The first kappa shape index (κ1) is 23.1. The first-order chi connectivity index (χ1) is 15.4. The second-order valence-corrected chi connectivity index (χ2v) is 7.82. The minimum absolute atomic E-state index is 0.226. The predicted molar refractivity (Wildman–Crippen MR) is 128 cm³/mol. The van der Waals surface area contributed by atoms with Crippen molar-refractivity contribution < 1.29 is 9.53 Å². The molecule has 1 aromatic heterocycles. The lowest BCUT2D eigenvalue weighted by atomic mass is 10.1. The highest BCUT2D eigenvalue weighted by Gasteiger charge is 2.13. The van der Waals surface area contributed by atoms with Crippen LogP contribution in [0.2, 0.25) is 0 Å². The number of ether oxygens (including phenoxy) is 1. The topological polar surface area (TPSA) is 80.5 Å². The SMILES string of the molecule is CCCn1cc(CN=C(NC(=O)c2cc(C)cc(C)c2)Nc2ccccc2OC)c(C)n1. The molecule has 0 atom stereocenters. The monoisotopic (exact) mass is 433 g/mol. The number of hydrogen-bond acceptors (Lipinski definition) is 4. The van der Waals surface area contributed by atoms with E-state index in [0.29, 0.717) is 29.5 Å². The summed E-state index contributed by atoms with van der Waals surface area (Å²) >= 11 is 0. The number of carbonyl (C=O) groups excluding carboxylic acids is 1. The van der Waals surface area contributed by atoms with Gasteiger partial charge in [0, 0.05) is 23.9 Å². The molecule has 7 heteroatoms. The number of hydrogen-bond donors (Lipinski definition) is 2. The number of rotatable bonds is 7. The van der Waals surface area contributed by atoms with Crippen molar-refractivity contribution in [3.05, 3.63) is 76.6 Å². The fourth-order valence-corrected chi connectivity index (χ4v) is 3.49. The number of nitrogens with one attached hydrogen (secondary N) is 2. The summed E-state index contributed by atoms with van der Waals surface area (Å²) in [6.45, 7) is 9.29. The Bertz CT molecular complexity index is 1100. The molecule has 3 aromatic rings. The maximum absolute atomic E-state index is 13.0. The Balaban J connectivity index is 1.88. The minimum Gasteiger partial charge on any atom is -0.495 e. The van der Waals surface area contributed by atoms with E-state index in [9.17, 15) is 4.79 Å². The van der Waals surface area contributed by atoms with E-state index in [1.54, 1.807) is 7.11 Å². The molecule has 0 aliphatic rings. The third-order valence-electron chi connectivity index (χ3n) is 4.98. The van der Waals surface area contributed by atoms with Crippen LogP contribution in [0, 0.1) is 20.8 Å². The molecule has 0 aliphatic carbocycles. The molecule has 7 nitrogen and oxygen atoms in total. The summed E-state index contributed by atoms with van der Waals surface area (Å²) in [5.41, 5.74) is 5.31. The highest BCUT2D eigenvalue weighted by Crippen LogP contribution is 2.23. The smallest absolute Gasteiger partial charge is 0.257 e. The molecular formula is C25H31N5O2. The summed E-state index contributed by atoms with van der Waals surface area (Å²) in [5.74, 6) is 0.783. The third-order valence-corrected chi connectivity index (χ3v) is 4.98. The van der Waals surface area contributed by atoms with Crippen LogP contribution < -0.4 is 15.4 Å². The van der Waals surface area contributed by atoms with Gasteiger partial charge in [-0.1, -0.05) is 36.2 Å². The first-order valence-electron chi connectivity index (χ1n) is 10.8. The van der Waals surface area contributed by atoms with Gasteiger partial charge in [0.05, 0.1) is 25.0 Å². The lowest BCUT2D eigenvalue weighted by molar-refractivity contribution is 0.0976. The fraction of sp³-hybridized carbons (Fsp3) is 0.320. The molecule has 0 spiro atoms. The Labute approximate surface area is 189 Å². The maximum atomic E-state index is 13.0. The van der Waals surface area contributed by atoms with E-state index in [1.807, 2.05) is 74.1 Å². The largest absolute Gasteiger partial charge is 0.495 e. The van der Waals surface area contributed by atoms with Gasteiger partial charge in [0.15, 0.2) is 0 Å². The van der Waals surface area contributed by atoms with Crippen LogP contribution >= 0.6 is 0 Å². The zero-order chi connectivity index (χ0) is 23.1. The van der Waals surface area contributed by atoms with Crippen LogP contribution in [-0.2, 0) is 13.1 Å². The summed E-state index contributed by atoms with van der Waals surface area (Å²) in [5, 5.41) is 10.7. The number of methoxy groups -OCH3 is 1. The number of guanidine groups is 1. The molecule has 1 heterocycles. The van der Waals surface area contributed by atoms with Crippen molar-refractivity contribution in [2.75, 3.05) is 12.4 Å². The van der Waals surface area contributed by atoms with Crippen LogP contribution in [0.5, 0.6) is 5.75 Å². The highest BCUT2D eigenvalue weighted by molar-refractivity contribution is 6.10. The summed E-state index contributed by atoms with van der Waals surface area (Å²) in [4.78, 5) is 17.7. The Morgan fingerprint density at radius 2 is 1.84 bits per heavy atom. The zero-order valence-electron chi connectivity index (χ0n) is 19.4. The molecular weight excluding hydrogens is 402 g/mol. The van der Waals surface area contributed by atoms with E-state index in [-0.39, 0.29) is 5.91 Å². The molecule has 3 rings (SSSR count).